The normalized spacial score (nSPS) is 10.2. The van der Waals surface area contributed by atoms with Crippen LogP contribution in [0.3, 0.4) is 0 Å². The smallest absolute Gasteiger partial charge is 0.224 e. The number of benzene rings is 1. The van der Waals surface area contributed by atoms with Gasteiger partial charge in [0.15, 0.2) is 11.6 Å². The van der Waals surface area contributed by atoms with Crippen molar-refractivity contribution < 1.29 is 18.3 Å². The summed E-state index contributed by atoms with van der Waals surface area (Å²) in [6, 6.07) is 7.98. The maximum atomic E-state index is 13.4. The topological polar surface area (TPSA) is 51.5 Å². The summed E-state index contributed by atoms with van der Waals surface area (Å²) < 4.78 is 23.3. The molecule has 100 valence electrons. The number of hydrogen-bond acceptors (Lipinski definition) is 3. The minimum absolute atomic E-state index is 0.113. The molecule has 1 heterocycles. The molecule has 5 heteroatoms. The molecule has 0 atom stereocenters. The van der Waals surface area contributed by atoms with E-state index in [9.17, 15) is 9.18 Å². The van der Waals surface area contributed by atoms with Gasteiger partial charge in [0.25, 0.3) is 0 Å². The largest absolute Gasteiger partial charge is 0.494 e. The minimum Gasteiger partial charge on any atom is -0.494 e. The molecule has 0 saturated heterocycles. The number of hydrogen-bond donors (Lipinski definition) is 1. The summed E-state index contributed by atoms with van der Waals surface area (Å²) in [5, 5.41) is 2.70. The molecule has 0 fully saturated rings. The zero-order valence-electron chi connectivity index (χ0n) is 10.5. The van der Waals surface area contributed by atoms with Crippen LogP contribution in [-0.4, -0.2) is 13.0 Å². The molecule has 0 radical (unpaired) electrons. The van der Waals surface area contributed by atoms with Gasteiger partial charge in [-0.05, 0) is 29.8 Å². The van der Waals surface area contributed by atoms with Crippen LogP contribution >= 0.6 is 0 Å². The van der Waals surface area contributed by atoms with Crippen LogP contribution in [0.4, 0.5) is 4.39 Å². The van der Waals surface area contributed by atoms with E-state index in [1.165, 1.54) is 19.2 Å². The van der Waals surface area contributed by atoms with E-state index in [0.29, 0.717) is 17.9 Å². The molecule has 19 heavy (non-hydrogen) atoms. The molecule has 0 spiro atoms. The fraction of sp³-hybridized carbons (Fsp3) is 0.214. The number of rotatable bonds is 5. The third-order valence-electron chi connectivity index (χ3n) is 2.62. The number of carbonyl (C=O) groups excluding carboxylic acids is 1. The summed E-state index contributed by atoms with van der Waals surface area (Å²) in [6.07, 6.45) is 1.65. The summed E-state index contributed by atoms with van der Waals surface area (Å²) in [5.74, 6) is 0.175. The van der Waals surface area contributed by atoms with Crippen LogP contribution in [0.2, 0.25) is 0 Å². The number of furan rings is 1. The molecule has 0 aliphatic rings. The Bertz CT molecular complexity index is 552. The van der Waals surface area contributed by atoms with Gasteiger partial charge in [-0.1, -0.05) is 6.07 Å². The first kappa shape index (κ1) is 13.1. The van der Waals surface area contributed by atoms with E-state index < -0.39 is 5.82 Å². The Morgan fingerprint density at radius 3 is 2.89 bits per heavy atom. The van der Waals surface area contributed by atoms with E-state index in [0.717, 1.165) is 0 Å². The van der Waals surface area contributed by atoms with E-state index in [-0.39, 0.29) is 18.1 Å². The van der Waals surface area contributed by atoms with Crippen LogP contribution in [0, 0.1) is 5.82 Å². The van der Waals surface area contributed by atoms with E-state index in [2.05, 4.69) is 5.32 Å². The SMILES string of the molecule is COc1ccc(CC(=O)NCc2ccco2)cc1F. The summed E-state index contributed by atoms with van der Waals surface area (Å²) in [4.78, 5) is 11.7. The van der Waals surface area contributed by atoms with Gasteiger partial charge < -0.3 is 14.5 Å². The molecular weight excluding hydrogens is 249 g/mol. The molecule has 0 aliphatic carbocycles. The Hall–Kier alpha value is -2.30. The highest BCUT2D eigenvalue weighted by atomic mass is 19.1. The summed E-state index contributed by atoms with van der Waals surface area (Å²) in [6.45, 7) is 0.324. The Morgan fingerprint density at radius 1 is 1.42 bits per heavy atom. The van der Waals surface area contributed by atoms with Crippen LogP contribution in [-0.2, 0) is 17.8 Å². The van der Waals surface area contributed by atoms with Gasteiger partial charge in [-0.15, -0.1) is 0 Å². The van der Waals surface area contributed by atoms with Crippen molar-refractivity contribution in [2.24, 2.45) is 0 Å². The van der Waals surface area contributed by atoms with Crippen LogP contribution in [0.25, 0.3) is 0 Å². The molecule has 1 amide bonds. The quantitative estimate of drug-likeness (QED) is 0.900. The summed E-state index contributed by atoms with van der Waals surface area (Å²) >= 11 is 0. The van der Waals surface area contributed by atoms with Gasteiger partial charge in [0, 0.05) is 0 Å². The second-order valence-corrected chi connectivity index (χ2v) is 4.00. The monoisotopic (exact) mass is 263 g/mol. The number of halogens is 1. The Balaban J connectivity index is 1.90. The van der Waals surface area contributed by atoms with Gasteiger partial charge in [0.1, 0.15) is 5.76 Å². The lowest BCUT2D eigenvalue weighted by Gasteiger charge is -2.06. The van der Waals surface area contributed by atoms with Crippen molar-refractivity contribution in [2.45, 2.75) is 13.0 Å². The average molecular weight is 263 g/mol. The number of carbonyl (C=O) groups is 1. The minimum atomic E-state index is -0.473. The van der Waals surface area contributed by atoms with Gasteiger partial charge in [-0.25, -0.2) is 4.39 Å². The Labute approximate surface area is 110 Å². The lowest BCUT2D eigenvalue weighted by atomic mass is 10.1. The van der Waals surface area contributed by atoms with E-state index in [4.69, 9.17) is 9.15 Å². The number of amides is 1. The van der Waals surface area contributed by atoms with Gasteiger partial charge in [-0.3, -0.25) is 4.79 Å². The number of methoxy groups -OCH3 is 1. The maximum absolute atomic E-state index is 13.4. The molecule has 1 aromatic heterocycles. The van der Waals surface area contributed by atoms with Crippen molar-refractivity contribution in [3.05, 3.63) is 53.7 Å². The molecule has 0 unspecified atom stereocenters. The Morgan fingerprint density at radius 2 is 2.26 bits per heavy atom. The molecule has 1 aromatic carbocycles. The zero-order valence-corrected chi connectivity index (χ0v) is 10.5. The standard InChI is InChI=1S/C14H14FNO3/c1-18-13-5-4-10(7-12(13)15)8-14(17)16-9-11-3-2-6-19-11/h2-7H,8-9H2,1H3,(H,16,17). The number of nitrogens with one attached hydrogen (secondary N) is 1. The molecular formula is C14H14FNO3. The van der Waals surface area contributed by atoms with Crippen molar-refractivity contribution in [3.63, 3.8) is 0 Å². The van der Waals surface area contributed by atoms with Crippen LogP contribution in [0.1, 0.15) is 11.3 Å². The van der Waals surface area contributed by atoms with Crippen molar-refractivity contribution >= 4 is 5.91 Å². The lowest BCUT2D eigenvalue weighted by Crippen LogP contribution is -2.24. The first-order chi connectivity index (χ1) is 9.19. The average Bonchev–Trinajstić information content (AvgIpc) is 2.90. The first-order valence-electron chi connectivity index (χ1n) is 5.80. The summed E-state index contributed by atoms with van der Waals surface area (Å²) in [7, 11) is 1.40. The molecule has 4 nitrogen and oxygen atoms in total. The van der Waals surface area contributed by atoms with Crippen LogP contribution in [0.15, 0.2) is 41.0 Å². The first-order valence-corrected chi connectivity index (χ1v) is 5.80. The third kappa shape index (κ3) is 3.58. The van der Waals surface area contributed by atoms with E-state index in [1.807, 2.05) is 0 Å². The van der Waals surface area contributed by atoms with Crippen molar-refractivity contribution in [1.29, 1.82) is 0 Å². The fourth-order valence-corrected chi connectivity index (χ4v) is 1.67. The predicted octanol–water partition coefficient (Wildman–Crippen LogP) is 2.29. The molecule has 0 saturated carbocycles. The second kappa shape index (κ2) is 6.04. The van der Waals surface area contributed by atoms with Crippen LogP contribution < -0.4 is 10.1 Å². The zero-order chi connectivity index (χ0) is 13.7. The molecule has 1 N–H and O–H groups in total. The van der Waals surface area contributed by atoms with Gasteiger partial charge in [0.05, 0.1) is 26.3 Å². The fourth-order valence-electron chi connectivity index (χ4n) is 1.67. The second-order valence-electron chi connectivity index (χ2n) is 4.00. The Kier molecular flexibility index (Phi) is 4.18. The van der Waals surface area contributed by atoms with Crippen molar-refractivity contribution in [2.75, 3.05) is 7.11 Å². The highest BCUT2D eigenvalue weighted by Gasteiger charge is 2.08. The maximum Gasteiger partial charge on any atom is 0.224 e. The molecule has 0 aliphatic heterocycles. The van der Waals surface area contributed by atoms with Gasteiger partial charge in [0.2, 0.25) is 5.91 Å². The highest BCUT2D eigenvalue weighted by molar-refractivity contribution is 5.78. The van der Waals surface area contributed by atoms with Gasteiger partial charge >= 0.3 is 0 Å². The lowest BCUT2D eigenvalue weighted by molar-refractivity contribution is -0.120. The summed E-state index contributed by atoms with van der Waals surface area (Å²) in [5.41, 5.74) is 0.593. The van der Waals surface area contributed by atoms with E-state index >= 15 is 0 Å². The van der Waals surface area contributed by atoms with Crippen molar-refractivity contribution in [1.82, 2.24) is 5.32 Å². The van der Waals surface area contributed by atoms with Crippen molar-refractivity contribution in [3.8, 4) is 5.75 Å². The molecule has 2 aromatic rings. The van der Waals surface area contributed by atoms with Crippen LogP contribution in [0.5, 0.6) is 5.75 Å². The number of ether oxygens (including phenoxy) is 1. The predicted molar refractivity (Wildman–Crippen MR) is 67.2 cm³/mol. The molecule has 2 rings (SSSR count). The van der Waals surface area contributed by atoms with Gasteiger partial charge in [-0.2, -0.15) is 0 Å². The third-order valence-corrected chi connectivity index (χ3v) is 2.62. The molecule has 0 bridgehead atoms. The highest BCUT2D eigenvalue weighted by Crippen LogP contribution is 2.17. The van der Waals surface area contributed by atoms with E-state index in [1.54, 1.807) is 24.5 Å².